The third kappa shape index (κ3) is 1.50. The molecule has 2 rings (SSSR count). The van der Waals surface area contributed by atoms with E-state index >= 15 is 0 Å². The Hall–Kier alpha value is -2.10. The van der Waals surface area contributed by atoms with Crippen molar-refractivity contribution < 1.29 is 9.90 Å². The Kier molecular flexibility index (Phi) is 2.04. The summed E-state index contributed by atoms with van der Waals surface area (Å²) in [5.41, 5.74) is 0.618. The van der Waals surface area contributed by atoms with E-state index in [0.717, 1.165) is 0 Å². The molecule has 1 heterocycles. The minimum absolute atomic E-state index is 0.201. The predicted molar refractivity (Wildman–Crippen MR) is 56.3 cm³/mol. The predicted octanol–water partition coefficient (Wildman–Crippen LogP) is 1.53. The smallest absolute Gasteiger partial charge is 0.335 e. The molecule has 4 heteroatoms. The number of H-pyrrole nitrogens is 1. The molecule has 15 heavy (non-hydrogen) atoms. The first-order valence-corrected chi connectivity index (χ1v) is 4.45. The van der Waals surface area contributed by atoms with Crippen LogP contribution in [-0.4, -0.2) is 16.1 Å². The van der Waals surface area contributed by atoms with Crippen LogP contribution in [0.15, 0.2) is 29.2 Å². The molecule has 1 aromatic carbocycles. The summed E-state index contributed by atoms with van der Waals surface area (Å²) < 4.78 is 0. The molecule has 2 aromatic rings. The average molecular weight is 203 g/mol. The lowest BCUT2D eigenvalue weighted by molar-refractivity contribution is 0.0696. The van der Waals surface area contributed by atoms with Gasteiger partial charge < -0.3 is 10.1 Å². The minimum Gasteiger partial charge on any atom is -0.478 e. The number of benzene rings is 1. The molecule has 1 aromatic heterocycles. The fourth-order valence-corrected chi connectivity index (χ4v) is 1.57. The second-order valence-electron chi connectivity index (χ2n) is 3.37. The Bertz CT molecular complexity index is 598. The standard InChI is InChI=1S/C11H9NO3/c1-6-4-9-7(2-3-12-10(9)13)5-8(6)11(14)15/h2-5H,1H3,(H,12,13)(H,14,15). The maximum Gasteiger partial charge on any atom is 0.335 e. The third-order valence-electron chi connectivity index (χ3n) is 2.35. The molecule has 0 saturated carbocycles. The Morgan fingerprint density at radius 2 is 2.13 bits per heavy atom. The highest BCUT2D eigenvalue weighted by atomic mass is 16.4. The van der Waals surface area contributed by atoms with Crippen LogP contribution in [0.25, 0.3) is 10.8 Å². The third-order valence-corrected chi connectivity index (χ3v) is 2.35. The van der Waals surface area contributed by atoms with Gasteiger partial charge in [-0.25, -0.2) is 4.79 Å². The summed E-state index contributed by atoms with van der Waals surface area (Å²) in [6, 6.07) is 4.79. The number of carboxylic acid groups (broad SMARTS) is 1. The fourth-order valence-electron chi connectivity index (χ4n) is 1.57. The number of fused-ring (bicyclic) bond motifs is 1. The van der Waals surface area contributed by atoms with Gasteiger partial charge in [-0.05, 0) is 36.1 Å². The van der Waals surface area contributed by atoms with E-state index in [4.69, 9.17) is 5.11 Å². The fraction of sp³-hybridized carbons (Fsp3) is 0.0909. The van der Waals surface area contributed by atoms with Crippen LogP contribution >= 0.6 is 0 Å². The van der Waals surface area contributed by atoms with Crippen LogP contribution in [0.1, 0.15) is 15.9 Å². The Morgan fingerprint density at radius 1 is 1.40 bits per heavy atom. The van der Waals surface area contributed by atoms with Crippen molar-refractivity contribution in [3.8, 4) is 0 Å². The molecule has 0 aliphatic heterocycles. The average Bonchev–Trinajstić information content (AvgIpc) is 2.18. The minimum atomic E-state index is -0.977. The number of rotatable bonds is 1. The van der Waals surface area contributed by atoms with Gasteiger partial charge in [0.05, 0.1) is 5.56 Å². The van der Waals surface area contributed by atoms with E-state index in [1.807, 2.05) is 0 Å². The van der Waals surface area contributed by atoms with Crippen LogP contribution in [0.2, 0.25) is 0 Å². The summed E-state index contributed by atoms with van der Waals surface area (Å²) >= 11 is 0. The van der Waals surface area contributed by atoms with E-state index < -0.39 is 5.97 Å². The number of aryl methyl sites for hydroxylation is 1. The van der Waals surface area contributed by atoms with Gasteiger partial charge in [-0.2, -0.15) is 0 Å². The van der Waals surface area contributed by atoms with Gasteiger partial charge in [-0.3, -0.25) is 4.79 Å². The van der Waals surface area contributed by atoms with Gasteiger partial charge in [0.25, 0.3) is 5.56 Å². The quantitative estimate of drug-likeness (QED) is 0.738. The zero-order valence-electron chi connectivity index (χ0n) is 8.07. The highest BCUT2D eigenvalue weighted by molar-refractivity contribution is 5.95. The number of aromatic amines is 1. The van der Waals surface area contributed by atoms with Crippen LogP contribution in [0.3, 0.4) is 0 Å². The second kappa shape index (κ2) is 3.24. The summed E-state index contributed by atoms with van der Waals surface area (Å²) in [4.78, 5) is 24.8. The van der Waals surface area contributed by atoms with Gasteiger partial charge >= 0.3 is 5.97 Å². The monoisotopic (exact) mass is 203 g/mol. The molecule has 0 amide bonds. The lowest BCUT2D eigenvalue weighted by atomic mass is 10.0. The van der Waals surface area contributed by atoms with Gasteiger partial charge in [-0.15, -0.1) is 0 Å². The van der Waals surface area contributed by atoms with Crippen LogP contribution in [0, 0.1) is 6.92 Å². The molecule has 0 unspecified atom stereocenters. The number of hydrogen-bond donors (Lipinski definition) is 2. The molecule has 2 N–H and O–H groups in total. The van der Waals surface area contributed by atoms with Crippen molar-refractivity contribution in [2.75, 3.05) is 0 Å². The first kappa shape index (κ1) is 9.45. The number of aromatic nitrogens is 1. The van der Waals surface area contributed by atoms with Gasteiger partial charge in [0.2, 0.25) is 0 Å². The highest BCUT2D eigenvalue weighted by Crippen LogP contribution is 2.16. The molecule has 0 aliphatic rings. The molecule has 0 fully saturated rings. The van der Waals surface area contributed by atoms with Crippen molar-refractivity contribution in [3.05, 3.63) is 45.9 Å². The maximum atomic E-state index is 11.4. The van der Waals surface area contributed by atoms with E-state index in [-0.39, 0.29) is 11.1 Å². The van der Waals surface area contributed by atoms with Crippen LogP contribution in [0.5, 0.6) is 0 Å². The van der Waals surface area contributed by atoms with Crippen LogP contribution < -0.4 is 5.56 Å². The molecule has 0 saturated heterocycles. The highest BCUT2D eigenvalue weighted by Gasteiger charge is 2.09. The summed E-state index contributed by atoms with van der Waals surface area (Å²) in [6.45, 7) is 1.68. The van der Waals surface area contributed by atoms with E-state index in [2.05, 4.69) is 4.98 Å². The first-order chi connectivity index (χ1) is 7.09. The lowest BCUT2D eigenvalue weighted by Crippen LogP contribution is -2.07. The normalized spacial score (nSPS) is 10.5. The first-order valence-electron chi connectivity index (χ1n) is 4.45. The number of aromatic carboxylic acids is 1. The topological polar surface area (TPSA) is 70.2 Å². The van der Waals surface area contributed by atoms with Gasteiger partial charge in [0, 0.05) is 11.6 Å². The van der Waals surface area contributed by atoms with Gasteiger partial charge in [0.15, 0.2) is 0 Å². The molecule has 0 atom stereocenters. The number of nitrogens with one attached hydrogen (secondary N) is 1. The van der Waals surface area contributed by atoms with E-state index in [1.54, 1.807) is 19.1 Å². The Labute approximate surface area is 85.2 Å². The summed E-state index contributed by atoms with van der Waals surface area (Å²) in [7, 11) is 0. The molecule has 0 aliphatic carbocycles. The van der Waals surface area contributed by atoms with E-state index in [0.29, 0.717) is 16.3 Å². The van der Waals surface area contributed by atoms with E-state index in [9.17, 15) is 9.59 Å². The van der Waals surface area contributed by atoms with Crippen molar-refractivity contribution in [3.63, 3.8) is 0 Å². The van der Waals surface area contributed by atoms with Crippen molar-refractivity contribution in [2.45, 2.75) is 6.92 Å². The molecule has 0 bridgehead atoms. The number of pyridine rings is 1. The summed E-state index contributed by atoms with van der Waals surface area (Å²) in [5, 5.41) is 10.1. The number of carbonyl (C=O) groups is 1. The van der Waals surface area contributed by atoms with Crippen molar-refractivity contribution in [1.82, 2.24) is 4.98 Å². The molecule has 0 spiro atoms. The van der Waals surface area contributed by atoms with Crippen LogP contribution in [-0.2, 0) is 0 Å². The number of hydrogen-bond acceptors (Lipinski definition) is 2. The molecule has 4 nitrogen and oxygen atoms in total. The Balaban J connectivity index is 2.88. The zero-order chi connectivity index (χ0) is 11.0. The van der Waals surface area contributed by atoms with Gasteiger partial charge in [-0.1, -0.05) is 0 Å². The van der Waals surface area contributed by atoms with Crippen molar-refractivity contribution >= 4 is 16.7 Å². The van der Waals surface area contributed by atoms with E-state index in [1.165, 1.54) is 12.3 Å². The zero-order valence-corrected chi connectivity index (χ0v) is 8.07. The van der Waals surface area contributed by atoms with Crippen molar-refractivity contribution in [2.24, 2.45) is 0 Å². The summed E-state index contributed by atoms with van der Waals surface area (Å²) in [5.74, 6) is -0.977. The largest absolute Gasteiger partial charge is 0.478 e. The molecular weight excluding hydrogens is 194 g/mol. The van der Waals surface area contributed by atoms with Gasteiger partial charge in [0.1, 0.15) is 0 Å². The molecule has 76 valence electrons. The second-order valence-corrected chi connectivity index (χ2v) is 3.37. The summed E-state index contributed by atoms with van der Waals surface area (Å²) in [6.07, 6.45) is 1.51. The SMILES string of the molecule is Cc1cc2c(=O)[nH]ccc2cc1C(=O)O. The Morgan fingerprint density at radius 3 is 2.80 bits per heavy atom. The lowest BCUT2D eigenvalue weighted by Gasteiger charge is -2.02. The maximum absolute atomic E-state index is 11.4. The van der Waals surface area contributed by atoms with Crippen molar-refractivity contribution in [1.29, 1.82) is 0 Å². The van der Waals surface area contributed by atoms with Crippen LogP contribution in [0.4, 0.5) is 0 Å². The molecular formula is C11H9NO3. The number of carboxylic acids is 1. The molecule has 0 radical (unpaired) electrons.